The van der Waals surface area contributed by atoms with E-state index in [2.05, 4.69) is 45.3 Å². The third kappa shape index (κ3) is 4.35. The van der Waals surface area contributed by atoms with Crippen molar-refractivity contribution in [2.24, 2.45) is 0 Å². The Labute approximate surface area is 118 Å². The molecule has 104 valence electrons. The van der Waals surface area contributed by atoms with E-state index >= 15 is 0 Å². The van der Waals surface area contributed by atoms with Crippen LogP contribution in [0.15, 0.2) is 10.7 Å². The molecule has 0 fully saturated rings. The van der Waals surface area contributed by atoms with Crippen LogP contribution < -0.4 is 5.32 Å². The van der Waals surface area contributed by atoms with Gasteiger partial charge in [0, 0.05) is 13.2 Å². The Bertz CT molecular complexity index is 354. The van der Waals surface area contributed by atoms with Crippen LogP contribution in [0.3, 0.4) is 0 Å². The molecule has 0 radical (unpaired) electrons. The van der Waals surface area contributed by atoms with E-state index in [9.17, 15) is 0 Å². The number of hydrogen-bond donors (Lipinski definition) is 1. The molecule has 0 saturated carbocycles. The van der Waals surface area contributed by atoms with Gasteiger partial charge in [-0.3, -0.25) is 4.68 Å². The average Bonchev–Trinajstić information content (AvgIpc) is 2.70. The molecule has 1 atom stereocenters. The standard InChI is InChI=1S/C12H23BrN4O/c1-5-18-9-11(14-2)12-10(13)8-15-17(12)7-6-16(3)4/h8,11,14H,5-7,9H2,1-4H3. The average molecular weight is 319 g/mol. The van der Waals surface area contributed by atoms with Crippen LogP contribution in [-0.4, -0.2) is 55.6 Å². The molecule has 0 saturated heterocycles. The number of hydrogen-bond acceptors (Lipinski definition) is 4. The van der Waals surface area contributed by atoms with Crippen molar-refractivity contribution in [3.05, 3.63) is 16.4 Å². The van der Waals surface area contributed by atoms with Crippen molar-refractivity contribution in [2.45, 2.75) is 19.5 Å². The van der Waals surface area contributed by atoms with E-state index in [0.29, 0.717) is 6.61 Å². The third-order valence-electron chi connectivity index (χ3n) is 2.76. The summed E-state index contributed by atoms with van der Waals surface area (Å²) in [6.07, 6.45) is 1.85. The fraction of sp³-hybridized carbons (Fsp3) is 0.750. The van der Waals surface area contributed by atoms with Gasteiger partial charge in [0.05, 0.1) is 35.6 Å². The summed E-state index contributed by atoms with van der Waals surface area (Å²) >= 11 is 3.57. The lowest BCUT2D eigenvalue weighted by Crippen LogP contribution is -2.27. The highest BCUT2D eigenvalue weighted by atomic mass is 79.9. The van der Waals surface area contributed by atoms with Crippen molar-refractivity contribution < 1.29 is 4.74 Å². The van der Waals surface area contributed by atoms with Crippen LogP contribution >= 0.6 is 15.9 Å². The SMILES string of the molecule is CCOCC(NC)c1c(Br)cnn1CCN(C)C. The topological polar surface area (TPSA) is 42.3 Å². The Hall–Kier alpha value is -0.430. The molecule has 1 unspecified atom stereocenters. The zero-order chi connectivity index (χ0) is 13.5. The first-order valence-corrected chi connectivity index (χ1v) is 7.00. The molecule has 5 nitrogen and oxygen atoms in total. The molecule has 1 N–H and O–H groups in total. The van der Waals surface area contributed by atoms with Crippen LogP contribution in [0.4, 0.5) is 0 Å². The van der Waals surface area contributed by atoms with Gasteiger partial charge in [0.15, 0.2) is 0 Å². The van der Waals surface area contributed by atoms with Crippen molar-refractivity contribution in [2.75, 3.05) is 40.9 Å². The number of halogens is 1. The number of rotatable bonds is 8. The molecule has 1 aromatic heterocycles. The molecule has 0 spiro atoms. The lowest BCUT2D eigenvalue weighted by Gasteiger charge is -2.19. The Kier molecular flexibility index (Phi) is 6.85. The van der Waals surface area contributed by atoms with Crippen molar-refractivity contribution in [3.8, 4) is 0 Å². The second-order valence-corrected chi connectivity index (χ2v) is 5.26. The Morgan fingerprint density at radius 1 is 1.56 bits per heavy atom. The molecule has 1 aromatic rings. The molecule has 0 aliphatic heterocycles. The van der Waals surface area contributed by atoms with Crippen LogP contribution in [0.1, 0.15) is 18.7 Å². The maximum Gasteiger partial charge on any atom is 0.0738 e. The number of aromatic nitrogens is 2. The second-order valence-electron chi connectivity index (χ2n) is 4.40. The van der Waals surface area contributed by atoms with Gasteiger partial charge in [0.1, 0.15) is 0 Å². The lowest BCUT2D eigenvalue weighted by molar-refractivity contribution is 0.122. The van der Waals surface area contributed by atoms with Gasteiger partial charge >= 0.3 is 0 Å². The summed E-state index contributed by atoms with van der Waals surface area (Å²) in [5, 5.41) is 7.69. The summed E-state index contributed by atoms with van der Waals surface area (Å²) in [6, 6.07) is 0.156. The van der Waals surface area contributed by atoms with Crippen LogP contribution in [0.25, 0.3) is 0 Å². The minimum absolute atomic E-state index is 0.156. The van der Waals surface area contributed by atoms with E-state index in [-0.39, 0.29) is 6.04 Å². The number of likely N-dealkylation sites (N-methyl/N-ethyl adjacent to an activating group) is 2. The van der Waals surface area contributed by atoms with Gasteiger partial charge in [0.25, 0.3) is 0 Å². The van der Waals surface area contributed by atoms with E-state index in [1.54, 1.807) is 0 Å². The van der Waals surface area contributed by atoms with Crippen LogP contribution in [0.5, 0.6) is 0 Å². The van der Waals surface area contributed by atoms with E-state index < -0.39 is 0 Å². The summed E-state index contributed by atoms with van der Waals surface area (Å²) in [4.78, 5) is 2.15. The minimum atomic E-state index is 0.156. The zero-order valence-corrected chi connectivity index (χ0v) is 13.2. The smallest absolute Gasteiger partial charge is 0.0738 e. The number of ether oxygens (including phenoxy) is 1. The van der Waals surface area contributed by atoms with E-state index in [1.807, 2.05) is 24.9 Å². The maximum absolute atomic E-state index is 5.51. The first-order valence-electron chi connectivity index (χ1n) is 6.21. The third-order valence-corrected chi connectivity index (χ3v) is 3.37. The van der Waals surface area contributed by atoms with E-state index in [0.717, 1.165) is 29.9 Å². The Balaban J connectivity index is 2.80. The maximum atomic E-state index is 5.51. The zero-order valence-electron chi connectivity index (χ0n) is 11.6. The first kappa shape index (κ1) is 15.6. The molecular formula is C12H23BrN4O. The van der Waals surface area contributed by atoms with Gasteiger partial charge in [0.2, 0.25) is 0 Å². The van der Waals surface area contributed by atoms with Gasteiger partial charge in [-0.05, 0) is 44.0 Å². The van der Waals surface area contributed by atoms with Crippen molar-refractivity contribution in [3.63, 3.8) is 0 Å². The van der Waals surface area contributed by atoms with Gasteiger partial charge in [-0.25, -0.2) is 0 Å². The van der Waals surface area contributed by atoms with E-state index in [1.165, 1.54) is 0 Å². The Morgan fingerprint density at radius 3 is 2.83 bits per heavy atom. The normalized spacial score (nSPS) is 13.2. The molecule has 0 aliphatic rings. The Morgan fingerprint density at radius 2 is 2.28 bits per heavy atom. The van der Waals surface area contributed by atoms with E-state index in [4.69, 9.17) is 4.74 Å². The fourth-order valence-electron chi connectivity index (χ4n) is 1.73. The van der Waals surface area contributed by atoms with Gasteiger partial charge < -0.3 is 15.0 Å². The molecular weight excluding hydrogens is 296 g/mol. The number of nitrogens with one attached hydrogen (secondary N) is 1. The summed E-state index contributed by atoms with van der Waals surface area (Å²) < 4.78 is 8.57. The minimum Gasteiger partial charge on any atom is -0.380 e. The van der Waals surface area contributed by atoms with Crippen molar-refractivity contribution in [1.82, 2.24) is 20.0 Å². The molecule has 18 heavy (non-hydrogen) atoms. The van der Waals surface area contributed by atoms with Crippen LogP contribution in [-0.2, 0) is 11.3 Å². The van der Waals surface area contributed by atoms with Crippen molar-refractivity contribution in [1.29, 1.82) is 0 Å². The van der Waals surface area contributed by atoms with Crippen molar-refractivity contribution >= 4 is 15.9 Å². The lowest BCUT2D eigenvalue weighted by atomic mass is 10.2. The second kappa shape index (κ2) is 7.89. The molecule has 6 heteroatoms. The van der Waals surface area contributed by atoms with Gasteiger partial charge in [-0.15, -0.1) is 0 Å². The van der Waals surface area contributed by atoms with Crippen LogP contribution in [0.2, 0.25) is 0 Å². The summed E-state index contributed by atoms with van der Waals surface area (Å²) in [5.41, 5.74) is 1.15. The quantitative estimate of drug-likeness (QED) is 0.789. The predicted molar refractivity (Wildman–Crippen MR) is 76.8 cm³/mol. The summed E-state index contributed by atoms with van der Waals surface area (Å²) in [5.74, 6) is 0. The highest BCUT2D eigenvalue weighted by Gasteiger charge is 2.18. The van der Waals surface area contributed by atoms with Gasteiger partial charge in [-0.1, -0.05) is 0 Å². The fourth-order valence-corrected chi connectivity index (χ4v) is 2.30. The summed E-state index contributed by atoms with van der Waals surface area (Å²) in [7, 11) is 6.07. The summed E-state index contributed by atoms with van der Waals surface area (Å²) in [6.45, 7) is 5.22. The molecule has 1 heterocycles. The highest BCUT2D eigenvalue weighted by Crippen LogP contribution is 2.23. The predicted octanol–water partition coefficient (Wildman–Crippen LogP) is 1.50. The molecule has 1 rings (SSSR count). The molecule has 0 aromatic carbocycles. The molecule has 0 amide bonds. The number of nitrogens with zero attached hydrogens (tertiary/aromatic N) is 3. The van der Waals surface area contributed by atoms with Gasteiger partial charge in [-0.2, -0.15) is 5.10 Å². The van der Waals surface area contributed by atoms with Crippen LogP contribution in [0, 0.1) is 0 Å². The first-order chi connectivity index (χ1) is 8.60. The largest absolute Gasteiger partial charge is 0.380 e. The monoisotopic (exact) mass is 318 g/mol. The highest BCUT2D eigenvalue weighted by molar-refractivity contribution is 9.10. The molecule has 0 aliphatic carbocycles. The molecule has 0 bridgehead atoms.